The Morgan fingerprint density at radius 1 is 1.03 bits per heavy atom. The van der Waals surface area contributed by atoms with Gasteiger partial charge in [0.1, 0.15) is 5.75 Å². The highest BCUT2D eigenvalue weighted by Gasteiger charge is 2.29. The van der Waals surface area contributed by atoms with E-state index in [9.17, 15) is 24.5 Å². The van der Waals surface area contributed by atoms with Crippen LogP contribution in [-0.2, 0) is 9.59 Å². The number of hydrogen-bond acceptors (Lipinski definition) is 6. The summed E-state index contributed by atoms with van der Waals surface area (Å²) in [4.78, 5) is 46.1. The molecular formula is C20H20N4O6. The van der Waals surface area contributed by atoms with Crippen LogP contribution in [0.1, 0.15) is 30.1 Å². The van der Waals surface area contributed by atoms with Gasteiger partial charge in [0.05, 0.1) is 4.92 Å². The average molecular weight is 412 g/mol. The van der Waals surface area contributed by atoms with Crippen molar-refractivity contribution in [2.45, 2.75) is 25.9 Å². The zero-order valence-corrected chi connectivity index (χ0v) is 16.1. The Morgan fingerprint density at radius 3 is 2.23 bits per heavy atom. The topological polar surface area (TPSA) is 140 Å². The Hall–Kier alpha value is -3.95. The van der Waals surface area contributed by atoms with Crippen molar-refractivity contribution in [2.75, 3.05) is 5.32 Å². The van der Waals surface area contributed by atoms with Crippen molar-refractivity contribution in [1.29, 1.82) is 0 Å². The molecule has 0 bridgehead atoms. The molecule has 3 N–H and O–H groups in total. The summed E-state index contributed by atoms with van der Waals surface area (Å²) < 4.78 is 5.40. The molecule has 3 rings (SSSR count). The molecule has 30 heavy (non-hydrogen) atoms. The number of benzene rings is 2. The standard InChI is InChI=1S/C20H20N4O6/c1-12(30-17-10-8-16(9-11-17)24(28)29)18(25)22-23-20(27)14-4-6-15(7-5-14)21-19(26)13-2-3-13/h4-13H,2-3H2,1H3,(H,21,26)(H,22,25)(H,23,27). The molecule has 1 unspecified atom stereocenters. The number of hydrogen-bond donors (Lipinski definition) is 3. The van der Waals surface area contributed by atoms with Gasteiger partial charge in [-0.05, 0) is 56.2 Å². The highest BCUT2D eigenvalue weighted by molar-refractivity contribution is 5.97. The van der Waals surface area contributed by atoms with Gasteiger partial charge in [-0.1, -0.05) is 0 Å². The molecule has 1 saturated carbocycles. The summed E-state index contributed by atoms with van der Waals surface area (Å²) in [5.41, 5.74) is 5.34. The number of nitro groups is 1. The molecule has 1 aliphatic rings. The number of hydrazine groups is 1. The first-order valence-electron chi connectivity index (χ1n) is 9.25. The summed E-state index contributed by atoms with van der Waals surface area (Å²) in [6.45, 7) is 1.47. The number of anilines is 1. The van der Waals surface area contributed by atoms with Gasteiger partial charge in [0.25, 0.3) is 17.5 Å². The van der Waals surface area contributed by atoms with Crippen LogP contribution in [0, 0.1) is 16.0 Å². The van der Waals surface area contributed by atoms with E-state index in [4.69, 9.17) is 4.74 Å². The number of rotatable bonds is 7. The summed E-state index contributed by atoms with van der Waals surface area (Å²) in [5.74, 6) is -0.806. The van der Waals surface area contributed by atoms with Crippen molar-refractivity contribution in [2.24, 2.45) is 5.92 Å². The van der Waals surface area contributed by atoms with E-state index in [1.807, 2.05) is 0 Å². The second-order valence-electron chi connectivity index (χ2n) is 6.80. The number of ether oxygens (including phenoxy) is 1. The largest absolute Gasteiger partial charge is 0.481 e. The number of amides is 3. The second-order valence-corrected chi connectivity index (χ2v) is 6.80. The lowest BCUT2D eigenvalue weighted by Gasteiger charge is -2.15. The van der Waals surface area contributed by atoms with E-state index in [0.717, 1.165) is 12.8 Å². The maximum Gasteiger partial charge on any atom is 0.279 e. The predicted octanol–water partition coefficient (Wildman–Crippen LogP) is 2.17. The number of nitro benzene ring substituents is 1. The fraction of sp³-hybridized carbons (Fsp3) is 0.250. The SMILES string of the molecule is CC(Oc1ccc([N+](=O)[O-])cc1)C(=O)NNC(=O)c1ccc(NC(=O)C2CC2)cc1. The lowest BCUT2D eigenvalue weighted by Crippen LogP contribution is -2.47. The van der Waals surface area contributed by atoms with E-state index in [0.29, 0.717) is 11.3 Å². The monoisotopic (exact) mass is 412 g/mol. The van der Waals surface area contributed by atoms with E-state index in [1.54, 1.807) is 12.1 Å². The van der Waals surface area contributed by atoms with Gasteiger partial charge in [-0.15, -0.1) is 0 Å². The summed E-state index contributed by atoms with van der Waals surface area (Å²) >= 11 is 0. The van der Waals surface area contributed by atoms with E-state index >= 15 is 0 Å². The van der Waals surface area contributed by atoms with Crippen LogP contribution >= 0.6 is 0 Å². The number of nitrogens with one attached hydrogen (secondary N) is 3. The Labute approximate surface area is 171 Å². The van der Waals surface area contributed by atoms with E-state index in [1.165, 1.54) is 43.3 Å². The van der Waals surface area contributed by atoms with Crippen LogP contribution in [0.25, 0.3) is 0 Å². The van der Waals surface area contributed by atoms with Crippen molar-refractivity contribution in [1.82, 2.24) is 10.9 Å². The normalized spacial score (nSPS) is 13.6. The van der Waals surface area contributed by atoms with Gasteiger partial charge in [0.15, 0.2) is 6.10 Å². The van der Waals surface area contributed by atoms with Crippen LogP contribution in [-0.4, -0.2) is 28.7 Å². The number of non-ortho nitro benzene ring substituents is 1. The number of nitrogens with zero attached hydrogens (tertiary/aromatic N) is 1. The third-order valence-corrected chi connectivity index (χ3v) is 4.39. The molecule has 2 aromatic rings. The zero-order valence-electron chi connectivity index (χ0n) is 16.1. The van der Waals surface area contributed by atoms with Crippen molar-refractivity contribution in [3.05, 3.63) is 64.2 Å². The lowest BCUT2D eigenvalue weighted by atomic mass is 10.2. The van der Waals surface area contributed by atoms with Crippen LogP contribution in [0.4, 0.5) is 11.4 Å². The van der Waals surface area contributed by atoms with E-state index in [-0.39, 0.29) is 23.3 Å². The third-order valence-electron chi connectivity index (χ3n) is 4.39. The highest BCUT2D eigenvalue weighted by atomic mass is 16.6. The second kappa shape index (κ2) is 9.03. The quantitative estimate of drug-likeness (QED) is 0.470. The molecule has 1 aliphatic carbocycles. The summed E-state index contributed by atoms with van der Waals surface area (Å²) in [7, 11) is 0. The third kappa shape index (κ3) is 5.53. The zero-order chi connectivity index (χ0) is 21.7. The van der Waals surface area contributed by atoms with Crippen LogP contribution < -0.4 is 20.9 Å². The molecule has 0 radical (unpaired) electrons. The Kier molecular flexibility index (Phi) is 6.26. The van der Waals surface area contributed by atoms with Gasteiger partial charge in [0, 0.05) is 29.3 Å². The molecule has 0 heterocycles. The minimum atomic E-state index is -0.952. The first-order chi connectivity index (χ1) is 14.3. The highest BCUT2D eigenvalue weighted by Crippen LogP contribution is 2.30. The minimum Gasteiger partial charge on any atom is -0.481 e. The number of carbonyl (C=O) groups is 3. The van der Waals surface area contributed by atoms with E-state index < -0.39 is 22.8 Å². The Bertz CT molecular complexity index is 954. The molecule has 10 heteroatoms. The molecule has 3 amide bonds. The minimum absolute atomic E-state index is 0.0264. The van der Waals surface area contributed by atoms with Crippen LogP contribution in [0.2, 0.25) is 0 Å². The molecule has 1 atom stereocenters. The van der Waals surface area contributed by atoms with Gasteiger partial charge in [-0.2, -0.15) is 0 Å². The van der Waals surface area contributed by atoms with Crippen LogP contribution in [0.15, 0.2) is 48.5 Å². The van der Waals surface area contributed by atoms with Gasteiger partial charge in [-0.3, -0.25) is 35.3 Å². The molecular weight excluding hydrogens is 392 g/mol. The fourth-order valence-corrected chi connectivity index (χ4v) is 2.49. The molecule has 0 aromatic heterocycles. The fourth-order valence-electron chi connectivity index (χ4n) is 2.49. The maximum atomic E-state index is 12.2. The number of carbonyl (C=O) groups excluding carboxylic acids is 3. The molecule has 2 aromatic carbocycles. The van der Waals surface area contributed by atoms with Crippen molar-refractivity contribution in [3.8, 4) is 5.75 Å². The van der Waals surface area contributed by atoms with Gasteiger partial charge >= 0.3 is 0 Å². The molecule has 0 saturated heterocycles. The van der Waals surface area contributed by atoms with E-state index in [2.05, 4.69) is 16.2 Å². The molecule has 10 nitrogen and oxygen atoms in total. The molecule has 1 fully saturated rings. The van der Waals surface area contributed by atoms with Crippen molar-refractivity contribution in [3.63, 3.8) is 0 Å². The average Bonchev–Trinajstić information content (AvgIpc) is 3.58. The predicted molar refractivity (Wildman–Crippen MR) is 107 cm³/mol. The molecule has 0 spiro atoms. The molecule has 156 valence electrons. The maximum absolute atomic E-state index is 12.2. The van der Waals surface area contributed by atoms with Gasteiger partial charge < -0.3 is 10.1 Å². The smallest absolute Gasteiger partial charge is 0.279 e. The van der Waals surface area contributed by atoms with Crippen LogP contribution in [0.3, 0.4) is 0 Å². The summed E-state index contributed by atoms with van der Waals surface area (Å²) in [6.07, 6.45) is 0.850. The summed E-state index contributed by atoms with van der Waals surface area (Å²) in [6, 6.07) is 11.6. The summed E-state index contributed by atoms with van der Waals surface area (Å²) in [5, 5.41) is 13.4. The Morgan fingerprint density at radius 2 is 1.67 bits per heavy atom. The van der Waals surface area contributed by atoms with Gasteiger partial charge in [0.2, 0.25) is 5.91 Å². The van der Waals surface area contributed by atoms with Gasteiger partial charge in [-0.25, -0.2) is 0 Å². The first kappa shape index (κ1) is 20.8. The molecule has 0 aliphatic heterocycles. The van der Waals surface area contributed by atoms with Crippen LogP contribution in [0.5, 0.6) is 5.75 Å². The van der Waals surface area contributed by atoms with Crippen molar-refractivity contribution >= 4 is 29.1 Å². The van der Waals surface area contributed by atoms with Crippen molar-refractivity contribution < 1.29 is 24.0 Å². The lowest BCUT2D eigenvalue weighted by molar-refractivity contribution is -0.384. The Balaban J connectivity index is 1.46. The first-order valence-corrected chi connectivity index (χ1v) is 9.25.